The Morgan fingerprint density at radius 1 is 0.571 bits per heavy atom. The molecule has 3 heterocycles. The van der Waals surface area contributed by atoms with Crippen molar-refractivity contribution in [2.45, 2.75) is 73.8 Å². The van der Waals surface area contributed by atoms with Crippen LogP contribution in [0, 0.1) is 0 Å². The average molecular weight is 506 g/mol. The number of aromatic hydroxyl groups is 1. The monoisotopic (exact) mass is 506 g/mol. The molecule has 3 aliphatic heterocycles. The van der Waals surface area contributed by atoms with Gasteiger partial charge in [0.1, 0.15) is 66.4 Å². The minimum Gasteiger partial charge on any atom is -0.508 e. The smallest absolute Gasteiger partial charge is 0.228 e. The third-order valence-corrected chi connectivity index (χ3v) is 6.03. The molecular formula is C21H30O14. The maximum Gasteiger partial charge on any atom is 0.228 e. The van der Waals surface area contributed by atoms with Crippen LogP contribution in [0.2, 0.25) is 0 Å². The zero-order valence-electron chi connectivity index (χ0n) is 18.4. The maximum atomic E-state index is 10.5. The predicted octanol–water partition coefficient (Wildman–Crippen LogP) is -3.86. The van der Waals surface area contributed by atoms with Crippen LogP contribution < -0.4 is 4.74 Å². The molecule has 0 amide bonds. The molecular weight excluding hydrogens is 476 g/mol. The lowest BCUT2D eigenvalue weighted by atomic mass is 10.0. The Balaban J connectivity index is 1.29. The van der Waals surface area contributed by atoms with Crippen molar-refractivity contribution in [1.29, 1.82) is 0 Å². The summed E-state index contributed by atoms with van der Waals surface area (Å²) in [5.41, 5.74) is 0. The van der Waals surface area contributed by atoms with Gasteiger partial charge in [-0.2, -0.15) is 0 Å². The van der Waals surface area contributed by atoms with Gasteiger partial charge in [-0.05, 0) is 24.3 Å². The molecule has 198 valence electrons. The Kier molecular flexibility index (Phi) is 8.42. The molecule has 4 rings (SSSR count). The second-order valence-corrected chi connectivity index (χ2v) is 8.58. The van der Waals surface area contributed by atoms with E-state index in [1.165, 1.54) is 24.3 Å². The second-order valence-electron chi connectivity index (χ2n) is 8.58. The standard InChI is InChI=1S/C21H30O14/c22-8-1-3-9(4-2-8)33-19-17(28)14(25)11(6-31-19)35-21-18(29)15(26)12(7-32-21)34-20-16(27)13(24)10(23)5-30-20/h1-4,10-29H,5-7H2/t10-,11-,12-,13+,14+,15+,16-,17-,18-,19+,20+,21+/m1/s1. The van der Waals surface area contributed by atoms with E-state index in [9.17, 15) is 40.9 Å². The third-order valence-electron chi connectivity index (χ3n) is 6.03. The van der Waals surface area contributed by atoms with Crippen molar-refractivity contribution in [3.05, 3.63) is 24.3 Å². The average Bonchev–Trinajstić information content (AvgIpc) is 2.84. The highest BCUT2D eigenvalue weighted by Gasteiger charge is 2.48. The van der Waals surface area contributed by atoms with E-state index < -0.39 is 73.8 Å². The number of hydrogen-bond donors (Lipinski definition) is 8. The highest BCUT2D eigenvalue weighted by molar-refractivity contribution is 5.30. The summed E-state index contributed by atoms with van der Waals surface area (Å²) in [7, 11) is 0. The van der Waals surface area contributed by atoms with Crippen LogP contribution in [0.1, 0.15) is 0 Å². The van der Waals surface area contributed by atoms with E-state index in [-0.39, 0.29) is 31.3 Å². The summed E-state index contributed by atoms with van der Waals surface area (Å²) in [5, 5.41) is 80.3. The summed E-state index contributed by atoms with van der Waals surface area (Å²) in [6.07, 6.45) is -17.0. The molecule has 12 atom stereocenters. The van der Waals surface area contributed by atoms with Crippen LogP contribution >= 0.6 is 0 Å². The van der Waals surface area contributed by atoms with E-state index in [4.69, 9.17) is 28.4 Å². The van der Waals surface area contributed by atoms with Crippen molar-refractivity contribution in [1.82, 2.24) is 0 Å². The minimum atomic E-state index is -1.65. The second kappa shape index (κ2) is 11.2. The first-order valence-corrected chi connectivity index (χ1v) is 11.0. The topological polar surface area (TPSA) is 217 Å². The van der Waals surface area contributed by atoms with Gasteiger partial charge in [-0.25, -0.2) is 0 Å². The number of phenolic OH excluding ortho intramolecular Hbond substituents is 1. The zero-order valence-corrected chi connectivity index (χ0v) is 18.4. The fourth-order valence-corrected chi connectivity index (χ4v) is 3.90. The molecule has 0 radical (unpaired) electrons. The Hall–Kier alpha value is -1.66. The molecule has 1 aromatic carbocycles. The van der Waals surface area contributed by atoms with E-state index in [0.29, 0.717) is 0 Å². The van der Waals surface area contributed by atoms with Gasteiger partial charge in [-0.15, -0.1) is 0 Å². The highest BCUT2D eigenvalue weighted by atomic mass is 16.7. The van der Waals surface area contributed by atoms with Crippen molar-refractivity contribution in [2.24, 2.45) is 0 Å². The van der Waals surface area contributed by atoms with Crippen LogP contribution in [0.4, 0.5) is 0 Å². The quantitative estimate of drug-likeness (QED) is 0.185. The summed E-state index contributed by atoms with van der Waals surface area (Å²) < 4.78 is 32.4. The number of hydrogen-bond acceptors (Lipinski definition) is 14. The summed E-state index contributed by atoms with van der Waals surface area (Å²) in [5.74, 6) is 0.309. The number of benzene rings is 1. The number of aliphatic hydroxyl groups excluding tert-OH is 7. The van der Waals surface area contributed by atoms with Gasteiger partial charge in [0.2, 0.25) is 6.29 Å². The predicted molar refractivity (Wildman–Crippen MR) is 110 cm³/mol. The van der Waals surface area contributed by atoms with E-state index in [0.717, 1.165) is 0 Å². The number of aliphatic hydroxyl groups is 7. The molecule has 14 heteroatoms. The summed E-state index contributed by atoms with van der Waals surface area (Å²) in [6, 6.07) is 5.66. The van der Waals surface area contributed by atoms with Gasteiger partial charge in [0, 0.05) is 0 Å². The Morgan fingerprint density at radius 2 is 1.03 bits per heavy atom. The van der Waals surface area contributed by atoms with Crippen LogP contribution in [-0.4, -0.2) is 134 Å². The van der Waals surface area contributed by atoms with Gasteiger partial charge in [0.25, 0.3) is 0 Å². The van der Waals surface area contributed by atoms with Crippen molar-refractivity contribution < 1.29 is 69.3 Å². The van der Waals surface area contributed by atoms with Gasteiger partial charge in [-0.1, -0.05) is 0 Å². The molecule has 3 fully saturated rings. The molecule has 14 nitrogen and oxygen atoms in total. The van der Waals surface area contributed by atoms with E-state index in [1.807, 2.05) is 0 Å². The molecule has 0 bridgehead atoms. The molecule has 0 unspecified atom stereocenters. The molecule has 35 heavy (non-hydrogen) atoms. The minimum absolute atomic E-state index is 0.0238. The van der Waals surface area contributed by atoms with Gasteiger partial charge in [-0.3, -0.25) is 0 Å². The highest BCUT2D eigenvalue weighted by Crippen LogP contribution is 2.28. The Bertz CT molecular complexity index is 810. The number of phenols is 1. The van der Waals surface area contributed by atoms with Crippen LogP contribution in [0.15, 0.2) is 24.3 Å². The summed E-state index contributed by atoms with van der Waals surface area (Å²) in [4.78, 5) is 0. The maximum absolute atomic E-state index is 10.5. The fraction of sp³-hybridized carbons (Fsp3) is 0.714. The van der Waals surface area contributed by atoms with Crippen LogP contribution in [-0.2, 0) is 23.7 Å². The van der Waals surface area contributed by atoms with Crippen molar-refractivity contribution in [3.8, 4) is 11.5 Å². The van der Waals surface area contributed by atoms with Crippen molar-refractivity contribution in [3.63, 3.8) is 0 Å². The first-order chi connectivity index (χ1) is 16.7. The fourth-order valence-electron chi connectivity index (χ4n) is 3.90. The molecule has 8 N–H and O–H groups in total. The lowest BCUT2D eigenvalue weighted by Gasteiger charge is -2.43. The van der Waals surface area contributed by atoms with Crippen LogP contribution in [0.25, 0.3) is 0 Å². The molecule has 3 saturated heterocycles. The largest absolute Gasteiger partial charge is 0.508 e. The van der Waals surface area contributed by atoms with Crippen LogP contribution in [0.3, 0.4) is 0 Å². The van der Waals surface area contributed by atoms with E-state index in [1.54, 1.807) is 0 Å². The molecule has 0 aliphatic carbocycles. The Morgan fingerprint density at radius 3 is 1.60 bits per heavy atom. The number of rotatable bonds is 6. The first kappa shape index (κ1) is 26.4. The van der Waals surface area contributed by atoms with Crippen molar-refractivity contribution in [2.75, 3.05) is 19.8 Å². The van der Waals surface area contributed by atoms with Gasteiger partial charge in [0.05, 0.1) is 19.8 Å². The SMILES string of the molecule is Oc1ccc(O[C@@H]2OC[C@@H](O[C@@H]3OC[C@@H](O[C@@H]4OC[C@@H](O)[C@H](O)[C@H]4O)[C@H](O)[C@H]3O)[C@H](O)[C@H]2O)cc1. The van der Waals surface area contributed by atoms with Crippen LogP contribution in [0.5, 0.6) is 11.5 Å². The molecule has 3 aliphatic rings. The molecule has 0 saturated carbocycles. The van der Waals surface area contributed by atoms with Gasteiger partial charge < -0.3 is 69.3 Å². The third kappa shape index (κ3) is 5.85. The van der Waals surface area contributed by atoms with Gasteiger partial charge >= 0.3 is 0 Å². The summed E-state index contributed by atoms with van der Waals surface area (Å²) >= 11 is 0. The van der Waals surface area contributed by atoms with E-state index in [2.05, 4.69) is 0 Å². The molecule has 0 spiro atoms. The van der Waals surface area contributed by atoms with Gasteiger partial charge in [0.15, 0.2) is 12.6 Å². The first-order valence-electron chi connectivity index (χ1n) is 11.0. The molecule has 1 aromatic rings. The van der Waals surface area contributed by atoms with E-state index >= 15 is 0 Å². The number of ether oxygens (including phenoxy) is 6. The normalized spacial score (nSPS) is 44.7. The molecule has 0 aromatic heterocycles. The zero-order chi connectivity index (χ0) is 25.3. The lowest BCUT2D eigenvalue weighted by molar-refractivity contribution is -0.345. The summed E-state index contributed by atoms with van der Waals surface area (Å²) in [6.45, 7) is -0.862. The Labute approximate surface area is 199 Å². The van der Waals surface area contributed by atoms with Crippen molar-refractivity contribution >= 4 is 0 Å². The lowest BCUT2D eigenvalue weighted by Crippen LogP contribution is -2.61.